The zero-order chi connectivity index (χ0) is 36.6. The Morgan fingerprint density at radius 3 is 0.920 bits per heavy atom. The van der Waals surface area contributed by atoms with Crippen LogP contribution in [0.5, 0.6) is 0 Å². The maximum absolute atomic E-state index is 12.4. The number of nitrogens with one attached hydrogen (secondary N) is 1. The first-order chi connectivity index (χ1) is 24.5. The largest absolute Gasteiger partial charge is 0.466 e. The van der Waals surface area contributed by atoms with Gasteiger partial charge in [0.25, 0.3) is 5.24 Å². The van der Waals surface area contributed by atoms with E-state index in [2.05, 4.69) is 30.8 Å². The van der Waals surface area contributed by atoms with E-state index in [-0.39, 0.29) is 12.8 Å². The molecule has 0 saturated carbocycles. The molecule has 0 unspecified atom stereocenters. The van der Waals surface area contributed by atoms with Crippen LogP contribution in [0.2, 0.25) is 0 Å². The first kappa shape index (κ1) is 49.1. The van der Waals surface area contributed by atoms with Gasteiger partial charge in [0.2, 0.25) is 0 Å². The van der Waals surface area contributed by atoms with Gasteiger partial charge in [-0.05, 0) is 12.8 Å². The fourth-order valence-corrected chi connectivity index (χ4v) is 6.94. The lowest BCUT2D eigenvalue weighted by Crippen LogP contribution is -2.36. The number of carbonyl (C=O) groups is 3. The van der Waals surface area contributed by atoms with Crippen molar-refractivity contribution < 1.29 is 23.9 Å². The van der Waals surface area contributed by atoms with Crippen LogP contribution in [0.3, 0.4) is 0 Å². The van der Waals surface area contributed by atoms with Gasteiger partial charge in [-0.3, -0.25) is 14.4 Å². The van der Waals surface area contributed by atoms with Crippen LogP contribution in [-0.4, -0.2) is 36.4 Å². The maximum Gasteiger partial charge on any atom is 0.307 e. The fraction of sp³-hybridized carbons (Fsp3) is 0.929. The van der Waals surface area contributed by atoms with E-state index in [0.29, 0.717) is 13.2 Å². The van der Waals surface area contributed by atoms with Crippen molar-refractivity contribution in [3.63, 3.8) is 0 Å². The molecule has 1 amide bonds. The van der Waals surface area contributed by atoms with E-state index in [1.54, 1.807) is 0 Å². The number of unbranched alkanes of at least 4 members (excludes halogenated alkanes) is 30. The summed E-state index contributed by atoms with van der Waals surface area (Å²) in [7, 11) is 0.729. The molecule has 0 aliphatic rings. The Labute approximate surface area is 319 Å². The molecule has 50 heavy (non-hydrogen) atoms. The van der Waals surface area contributed by atoms with Gasteiger partial charge in [-0.2, -0.15) is 0 Å². The SMILES string of the molecule is CCCCCCCCCCCCCCCCCCOC(=O)CC(CC(=O)OCCCCCCCCCCCCCCCCCC)NC(=O)SS. The van der Waals surface area contributed by atoms with Gasteiger partial charge in [-0.15, -0.1) is 11.7 Å². The van der Waals surface area contributed by atoms with Crippen LogP contribution in [0.25, 0.3) is 0 Å². The van der Waals surface area contributed by atoms with Crippen LogP contribution in [0.4, 0.5) is 4.79 Å². The third kappa shape index (κ3) is 38.3. The minimum Gasteiger partial charge on any atom is -0.466 e. The summed E-state index contributed by atoms with van der Waals surface area (Å²) in [5.41, 5.74) is 0. The zero-order valence-corrected chi connectivity index (χ0v) is 34.6. The molecule has 1 N–H and O–H groups in total. The van der Waals surface area contributed by atoms with Crippen molar-refractivity contribution in [3.8, 4) is 0 Å². The number of carbonyl (C=O) groups excluding carboxylic acids is 3. The van der Waals surface area contributed by atoms with Crippen LogP contribution in [-0.2, 0) is 19.1 Å². The minimum absolute atomic E-state index is 0.0485. The zero-order valence-electron chi connectivity index (χ0n) is 32.9. The lowest BCUT2D eigenvalue weighted by atomic mass is 10.0. The lowest BCUT2D eigenvalue weighted by molar-refractivity contribution is -0.146. The number of hydrogen-bond donors (Lipinski definition) is 2. The van der Waals surface area contributed by atoms with E-state index in [1.807, 2.05) is 0 Å². The second-order valence-corrected chi connectivity index (χ2v) is 15.8. The van der Waals surface area contributed by atoms with Crippen molar-refractivity contribution in [2.24, 2.45) is 0 Å². The van der Waals surface area contributed by atoms with Crippen molar-refractivity contribution >= 4 is 39.6 Å². The second kappa shape index (κ2) is 40.9. The topological polar surface area (TPSA) is 81.7 Å². The highest BCUT2D eigenvalue weighted by atomic mass is 33.1. The molecule has 0 aliphatic heterocycles. The Morgan fingerprint density at radius 1 is 0.440 bits per heavy atom. The number of rotatable bonds is 39. The second-order valence-electron chi connectivity index (χ2n) is 14.7. The molecule has 0 atom stereocenters. The van der Waals surface area contributed by atoms with Gasteiger partial charge in [0, 0.05) is 10.8 Å². The molecule has 0 heterocycles. The Bertz CT molecular complexity index is 702. The number of thiol groups is 1. The molecule has 0 fully saturated rings. The Balaban J connectivity index is 3.76. The fourth-order valence-electron chi connectivity index (χ4n) is 6.56. The Hall–Kier alpha value is -0.890. The first-order valence-electron chi connectivity index (χ1n) is 21.5. The molecule has 8 heteroatoms. The molecule has 296 valence electrons. The summed E-state index contributed by atoms with van der Waals surface area (Å²) in [6.07, 6.45) is 41.5. The third-order valence-electron chi connectivity index (χ3n) is 9.75. The molecule has 0 spiro atoms. The highest BCUT2D eigenvalue weighted by Gasteiger charge is 2.21. The molecule has 0 saturated heterocycles. The summed E-state index contributed by atoms with van der Waals surface area (Å²) >= 11 is 3.93. The average molecular weight is 744 g/mol. The molecular formula is C42H81NO5S2. The van der Waals surface area contributed by atoms with E-state index in [4.69, 9.17) is 9.47 Å². The van der Waals surface area contributed by atoms with Crippen molar-refractivity contribution in [2.75, 3.05) is 13.2 Å². The van der Waals surface area contributed by atoms with E-state index in [9.17, 15) is 14.4 Å². The first-order valence-corrected chi connectivity index (χ1v) is 23.3. The van der Waals surface area contributed by atoms with Gasteiger partial charge >= 0.3 is 11.9 Å². The van der Waals surface area contributed by atoms with Crippen molar-refractivity contribution in [1.82, 2.24) is 5.32 Å². The lowest BCUT2D eigenvalue weighted by Gasteiger charge is -2.17. The van der Waals surface area contributed by atoms with E-state index >= 15 is 0 Å². The normalized spacial score (nSPS) is 11.3. The predicted molar refractivity (Wildman–Crippen MR) is 219 cm³/mol. The number of amides is 1. The Morgan fingerprint density at radius 2 is 0.680 bits per heavy atom. The number of ether oxygens (including phenoxy) is 2. The standard InChI is InChI=1S/C42H81NO5S2/c1-3-5-7-9-11-13-15-17-19-21-23-25-27-29-31-33-35-47-40(44)37-39(43-42(46)50-49)38-41(45)48-36-34-32-30-28-26-24-22-20-18-16-14-12-10-8-6-4-2/h39,49H,3-38H2,1-2H3,(H,43,46). The summed E-state index contributed by atoms with van der Waals surface area (Å²) in [4.78, 5) is 36.8. The molecule has 0 bridgehead atoms. The Kier molecular flexibility index (Phi) is 40.1. The number of esters is 2. The molecule has 0 aromatic rings. The van der Waals surface area contributed by atoms with Gasteiger partial charge in [-0.25, -0.2) is 0 Å². The van der Waals surface area contributed by atoms with Gasteiger partial charge < -0.3 is 14.8 Å². The summed E-state index contributed by atoms with van der Waals surface area (Å²) in [5.74, 6) is -0.794. The van der Waals surface area contributed by atoms with Crippen LogP contribution in [0.15, 0.2) is 0 Å². The van der Waals surface area contributed by atoms with Crippen molar-refractivity contribution in [2.45, 2.75) is 238 Å². The molecular weight excluding hydrogens is 663 g/mol. The minimum atomic E-state index is -0.654. The van der Waals surface area contributed by atoms with E-state index in [1.165, 1.54) is 180 Å². The maximum atomic E-state index is 12.4. The third-order valence-corrected chi connectivity index (χ3v) is 10.5. The monoisotopic (exact) mass is 744 g/mol. The summed E-state index contributed by atoms with van der Waals surface area (Å²) in [6.45, 7) is 5.30. The average Bonchev–Trinajstić information content (AvgIpc) is 3.10. The van der Waals surface area contributed by atoms with Gasteiger partial charge in [-0.1, -0.05) is 206 Å². The highest BCUT2D eigenvalue weighted by molar-refractivity contribution is 8.74. The van der Waals surface area contributed by atoms with Crippen LogP contribution in [0.1, 0.15) is 232 Å². The van der Waals surface area contributed by atoms with E-state index in [0.717, 1.165) is 36.5 Å². The summed E-state index contributed by atoms with van der Waals surface area (Å²) < 4.78 is 10.8. The van der Waals surface area contributed by atoms with Crippen molar-refractivity contribution in [3.05, 3.63) is 0 Å². The van der Waals surface area contributed by atoms with Gasteiger partial charge in [0.05, 0.1) is 32.1 Å². The van der Waals surface area contributed by atoms with Gasteiger partial charge in [0.15, 0.2) is 0 Å². The predicted octanol–water partition coefficient (Wildman–Crippen LogP) is 14.0. The quantitative estimate of drug-likeness (QED) is 0.0282. The van der Waals surface area contributed by atoms with Crippen molar-refractivity contribution in [1.29, 1.82) is 0 Å². The summed E-state index contributed by atoms with van der Waals surface area (Å²) in [6, 6.07) is -0.654. The smallest absolute Gasteiger partial charge is 0.307 e. The molecule has 0 aliphatic carbocycles. The molecule has 0 rings (SSSR count). The molecule has 0 aromatic carbocycles. The highest BCUT2D eigenvalue weighted by Crippen LogP contribution is 2.16. The van der Waals surface area contributed by atoms with Crippen LogP contribution >= 0.6 is 22.5 Å². The molecule has 0 radical (unpaired) electrons. The molecule has 0 aromatic heterocycles. The van der Waals surface area contributed by atoms with Gasteiger partial charge in [0.1, 0.15) is 0 Å². The molecule has 6 nitrogen and oxygen atoms in total. The van der Waals surface area contributed by atoms with Crippen LogP contribution < -0.4 is 5.32 Å². The van der Waals surface area contributed by atoms with Crippen LogP contribution in [0, 0.1) is 0 Å². The number of hydrogen-bond acceptors (Lipinski definition) is 7. The van der Waals surface area contributed by atoms with E-state index < -0.39 is 23.2 Å². The summed E-state index contributed by atoms with van der Waals surface area (Å²) in [5, 5.41) is 2.30.